The van der Waals surface area contributed by atoms with Crippen LogP contribution >= 0.6 is 57.2 Å². The highest BCUT2D eigenvalue weighted by Crippen LogP contribution is 2.43. The Morgan fingerprint density at radius 1 is 0.975 bits per heavy atom. The predicted octanol–water partition coefficient (Wildman–Crippen LogP) is 8.92. The maximum Gasteiger partial charge on any atom is 0.435 e. The molecule has 7 nitrogen and oxygen atoms in total. The first-order valence-electron chi connectivity index (χ1n) is 11.2. The summed E-state index contributed by atoms with van der Waals surface area (Å²) in [6.07, 6.45) is -2.92. The van der Waals surface area contributed by atoms with Gasteiger partial charge >= 0.3 is 6.18 Å². The zero-order valence-corrected chi connectivity index (χ0v) is 24.2. The first-order chi connectivity index (χ1) is 18.8. The van der Waals surface area contributed by atoms with Crippen molar-refractivity contribution in [2.75, 3.05) is 11.4 Å². The van der Waals surface area contributed by atoms with E-state index in [2.05, 4.69) is 24.9 Å². The highest BCUT2D eigenvalue weighted by molar-refractivity contribution is 7.19. The van der Waals surface area contributed by atoms with Crippen molar-refractivity contribution >= 4 is 78.5 Å². The number of aromatic nitrogens is 5. The van der Waals surface area contributed by atoms with E-state index in [1.807, 2.05) is 0 Å². The van der Waals surface area contributed by atoms with Gasteiger partial charge in [0.1, 0.15) is 36.8 Å². The Labute approximate surface area is 245 Å². The predicted molar refractivity (Wildman–Crippen MR) is 146 cm³/mol. The van der Waals surface area contributed by atoms with Crippen LogP contribution in [0.3, 0.4) is 0 Å². The molecule has 5 aromatic rings. The second-order valence-corrected chi connectivity index (χ2v) is 12.4. The lowest BCUT2D eigenvalue weighted by atomic mass is 10.1. The summed E-state index contributed by atoms with van der Waals surface area (Å²) in [5, 5.41) is -0.0214. The number of ether oxygens (including phenoxy) is 1. The van der Waals surface area contributed by atoms with Crippen LogP contribution in [0.1, 0.15) is 29.4 Å². The van der Waals surface area contributed by atoms with Gasteiger partial charge in [-0.25, -0.2) is 19.9 Å². The number of hydrogen-bond donors (Lipinski definition) is 0. The fourth-order valence-corrected chi connectivity index (χ4v) is 6.64. The third kappa shape index (κ3) is 5.98. The highest BCUT2D eigenvalue weighted by Gasteiger charge is 2.38. The number of rotatable bonds is 8. The van der Waals surface area contributed by atoms with Gasteiger partial charge in [-0.05, 0) is 30.5 Å². The van der Waals surface area contributed by atoms with Gasteiger partial charge in [-0.1, -0.05) is 58.0 Å². The number of aryl methyl sites for hydroxylation is 1. The lowest BCUT2D eigenvalue weighted by Gasteiger charge is -2.21. The minimum absolute atomic E-state index is 0.135. The normalized spacial score (nSPS) is 12.3. The zero-order chi connectivity index (χ0) is 28.8. The average Bonchev–Trinajstić information content (AvgIpc) is 3.59. The number of benzene rings is 1. The van der Waals surface area contributed by atoms with Crippen LogP contribution < -0.4 is 9.64 Å². The van der Waals surface area contributed by atoms with E-state index < -0.39 is 27.8 Å². The van der Waals surface area contributed by atoms with E-state index in [1.165, 1.54) is 17.7 Å². The zero-order valence-electron chi connectivity index (χ0n) is 20.3. The number of halogens is 7. The lowest BCUT2D eigenvalue weighted by molar-refractivity contribution is -0.140. The minimum Gasteiger partial charge on any atom is -0.431 e. The van der Waals surface area contributed by atoms with E-state index in [0.29, 0.717) is 45.2 Å². The summed E-state index contributed by atoms with van der Waals surface area (Å²) >= 11 is 14.6. The molecule has 0 bridgehead atoms. The summed E-state index contributed by atoms with van der Waals surface area (Å²) in [7, 11) is 0. The van der Waals surface area contributed by atoms with Crippen LogP contribution in [0.15, 0.2) is 30.0 Å². The van der Waals surface area contributed by atoms with Gasteiger partial charge in [0.05, 0.1) is 5.51 Å². The Morgan fingerprint density at radius 2 is 1.73 bits per heavy atom. The molecule has 4 heterocycles. The summed E-state index contributed by atoms with van der Waals surface area (Å²) in [5.74, 6) is -2.55. The molecule has 0 aliphatic heterocycles. The van der Waals surface area contributed by atoms with Crippen LogP contribution in [-0.2, 0) is 18.5 Å². The van der Waals surface area contributed by atoms with Crippen molar-refractivity contribution in [1.29, 1.82) is 0 Å². The van der Waals surface area contributed by atoms with Crippen molar-refractivity contribution in [3.63, 3.8) is 0 Å². The second kappa shape index (κ2) is 10.9. The Balaban J connectivity index is 1.41. The summed E-state index contributed by atoms with van der Waals surface area (Å²) in [4.78, 5) is 22.7. The molecule has 0 amide bonds. The third-order valence-electron chi connectivity index (χ3n) is 5.49. The maximum absolute atomic E-state index is 14.1. The van der Waals surface area contributed by atoms with Gasteiger partial charge < -0.3 is 4.74 Å². The molecule has 210 valence electrons. The number of hydrogen-bond acceptors (Lipinski definition) is 10. The molecule has 0 atom stereocenters. The Morgan fingerprint density at radius 3 is 2.38 bits per heavy atom. The molecular weight excluding hydrogens is 638 g/mol. The second-order valence-electron chi connectivity index (χ2n) is 8.41. The standard InChI is InChI=1S/C23H15Cl2F5N6OS3/c1-10-7-11(3-4-12(10)37-21-35-15(17(25)40-21)23(28,29)30)5-6-36(18-13-19(32-8-31-18)38-9-33-13)20-34-14(16(24)39-20)22(2,26)27/h3-4,7-9H,5-6H2,1-2H3. The van der Waals surface area contributed by atoms with E-state index >= 15 is 0 Å². The molecule has 4 aromatic heterocycles. The van der Waals surface area contributed by atoms with Crippen molar-refractivity contribution < 1.29 is 26.7 Å². The molecule has 0 N–H and O–H groups in total. The summed E-state index contributed by atoms with van der Waals surface area (Å²) in [6, 6.07) is 5.14. The molecule has 5 rings (SSSR count). The smallest absolute Gasteiger partial charge is 0.431 e. The van der Waals surface area contributed by atoms with E-state index in [-0.39, 0.29) is 21.2 Å². The number of nitrogens with zero attached hydrogens (tertiary/aromatic N) is 6. The van der Waals surface area contributed by atoms with E-state index in [1.54, 1.807) is 35.5 Å². The van der Waals surface area contributed by atoms with Crippen LogP contribution in [0.4, 0.5) is 32.9 Å². The van der Waals surface area contributed by atoms with Gasteiger partial charge in [0.25, 0.3) is 11.1 Å². The van der Waals surface area contributed by atoms with Crippen LogP contribution in [-0.4, -0.2) is 31.5 Å². The third-order valence-corrected chi connectivity index (χ3v) is 8.63. The van der Waals surface area contributed by atoms with Gasteiger partial charge in [0.2, 0.25) is 0 Å². The van der Waals surface area contributed by atoms with Crippen molar-refractivity contribution in [3.05, 3.63) is 61.2 Å². The van der Waals surface area contributed by atoms with Gasteiger partial charge in [0.15, 0.2) is 16.6 Å². The number of anilines is 2. The van der Waals surface area contributed by atoms with Crippen molar-refractivity contribution in [2.45, 2.75) is 32.4 Å². The monoisotopic (exact) mass is 652 g/mol. The van der Waals surface area contributed by atoms with Crippen molar-refractivity contribution in [3.8, 4) is 10.9 Å². The van der Waals surface area contributed by atoms with Crippen molar-refractivity contribution in [1.82, 2.24) is 24.9 Å². The van der Waals surface area contributed by atoms with E-state index in [4.69, 9.17) is 27.9 Å². The summed E-state index contributed by atoms with van der Waals surface area (Å²) < 4.78 is 72.2. The number of alkyl halides is 5. The molecule has 0 saturated heterocycles. The Kier molecular flexibility index (Phi) is 7.87. The van der Waals surface area contributed by atoms with Crippen LogP contribution in [0.2, 0.25) is 8.67 Å². The summed E-state index contributed by atoms with van der Waals surface area (Å²) in [6.45, 7) is 2.72. The van der Waals surface area contributed by atoms with Gasteiger partial charge in [-0.2, -0.15) is 26.9 Å². The number of thiazole rings is 3. The highest BCUT2D eigenvalue weighted by atomic mass is 35.5. The molecule has 0 aliphatic rings. The van der Waals surface area contributed by atoms with Gasteiger partial charge in [-0.3, -0.25) is 4.90 Å². The van der Waals surface area contributed by atoms with Gasteiger partial charge in [0, 0.05) is 13.5 Å². The lowest BCUT2D eigenvalue weighted by Crippen LogP contribution is -2.22. The molecule has 0 radical (unpaired) electrons. The Bertz CT molecular complexity index is 1680. The Hall–Kier alpha value is -2.72. The van der Waals surface area contributed by atoms with E-state index in [0.717, 1.165) is 23.8 Å². The van der Waals surface area contributed by atoms with Crippen LogP contribution in [0.25, 0.3) is 10.3 Å². The molecule has 0 saturated carbocycles. The fourth-order valence-electron chi connectivity index (χ4n) is 3.67. The van der Waals surface area contributed by atoms with Gasteiger partial charge in [-0.15, -0.1) is 11.3 Å². The average molecular weight is 654 g/mol. The minimum atomic E-state index is -4.69. The summed E-state index contributed by atoms with van der Waals surface area (Å²) in [5.41, 5.74) is 1.83. The van der Waals surface area contributed by atoms with Crippen LogP contribution in [0.5, 0.6) is 10.9 Å². The maximum atomic E-state index is 14.1. The fraction of sp³-hybridized carbons (Fsp3) is 0.261. The van der Waals surface area contributed by atoms with Crippen LogP contribution in [0, 0.1) is 6.92 Å². The first kappa shape index (κ1) is 28.8. The molecule has 1 aromatic carbocycles. The molecule has 0 spiro atoms. The number of fused-ring (bicyclic) bond motifs is 1. The topological polar surface area (TPSA) is 76.9 Å². The quantitative estimate of drug-likeness (QED) is 0.155. The molecule has 17 heteroatoms. The molecular formula is C23H15Cl2F5N6OS3. The molecule has 0 aliphatic carbocycles. The molecule has 40 heavy (non-hydrogen) atoms. The van der Waals surface area contributed by atoms with E-state index in [9.17, 15) is 22.0 Å². The first-order valence-corrected chi connectivity index (χ1v) is 14.5. The SMILES string of the molecule is Cc1cc(CCN(c2nc(C(C)(F)F)c(Cl)s2)c2ncnc3scnc23)ccc1Oc1nc(C(F)(F)F)c(Cl)s1. The largest absolute Gasteiger partial charge is 0.435 e. The molecule has 0 unspecified atom stereocenters. The molecule has 0 fully saturated rings. The van der Waals surface area contributed by atoms with Crippen molar-refractivity contribution in [2.24, 2.45) is 0 Å².